The summed E-state index contributed by atoms with van der Waals surface area (Å²) in [5.41, 5.74) is 7.51. The van der Waals surface area contributed by atoms with Crippen LogP contribution in [-0.4, -0.2) is 39.6 Å². The molecule has 1 unspecified atom stereocenters. The third-order valence-electron chi connectivity index (χ3n) is 6.85. The molecule has 0 aliphatic rings. The Morgan fingerprint density at radius 2 is 1.81 bits per heavy atom. The largest absolute Gasteiger partial charge is 0.390 e. The van der Waals surface area contributed by atoms with Crippen molar-refractivity contribution in [3.63, 3.8) is 0 Å². The van der Waals surface area contributed by atoms with Crippen molar-refractivity contribution in [2.45, 2.75) is 32.9 Å². The maximum absolute atomic E-state index is 12.6. The Bertz CT molecular complexity index is 1560. The van der Waals surface area contributed by atoms with E-state index in [1.165, 1.54) is 16.5 Å². The van der Waals surface area contributed by atoms with Crippen LogP contribution in [0.15, 0.2) is 85.2 Å². The molecule has 0 saturated carbocycles. The lowest BCUT2D eigenvalue weighted by atomic mass is 10.1. The second-order valence-corrected chi connectivity index (χ2v) is 9.79. The number of H-pyrrole nitrogens is 1. The van der Waals surface area contributed by atoms with E-state index in [0.717, 1.165) is 40.5 Å². The van der Waals surface area contributed by atoms with E-state index in [9.17, 15) is 9.90 Å². The van der Waals surface area contributed by atoms with Crippen LogP contribution in [0.25, 0.3) is 27.9 Å². The number of rotatable bonds is 10. The van der Waals surface area contributed by atoms with Crippen molar-refractivity contribution >= 4 is 33.7 Å². The Morgan fingerprint density at radius 3 is 2.65 bits per heavy atom. The van der Waals surface area contributed by atoms with Gasteiger partial charge in [-0.3, -0.25) is 4.79 Å². The molecule has 5 aromatic rings. The molecule has 0 fully saturated rings. The molecule has 0 radical (unpaired) electrons. The van der Waals surface area contributed by atoms with Crippen molar-refractivity contribution in [3.8, 4) is 0 Å². The molecule has 188 valence electrons. The monoisotopic (exact) mass is 491 g/mol. The molecule has 2 heterocycles. The van der Waals surface area contributed by atoms with Crippen molar-refractivity contribution < 1.29 is 9.90 Å². The van der Waals surface area contributed by atoms with Gasteiger partial charge in [-0.2, -0.15) is 0 Å². The molecular weight excluding hydrogens is 458 g/mol. The zero-order valence-corrected chi connectivity index (χ0v) is 21.4. The van der Waals surface area contributed by atoms with E-state index >= 15 is 0 Å². The molecule has 3 aromatic carbocycles. The van der Waals surface area contributed by atoms with Crippen molar-refractivity contribution in [3.05, 3.63) is 113 Å². The second-order valence-electron chi connectivity index (χ2n) is 9.79. The quantitative estimate of drug-likeness (QED) is 0.131. The van der Waals surface area contributed by atoms with Gasteiger partial charge in [0.2, 0.25) is 0 Å². The van der Waals surface area contributed by atoms with E-state index in [-0.39, 0.29) is 5.78 Å². The van der Waals surface area contributed by atoms with Crippen LogP contribution in [0.4, 0.5) is 0 Å². The van der Waals surface area contributed by atoms with Gasteiger partial charge in [-0.1, -0.05) is 59.7 Å². The molecule has 0 aliphatic heterocycles. The van der Waals surface area contributed by atoms with E-state index in [1.807, 2.05) is 61.7 Å². The van der Waals surface area contributed by atoms with Gasteiger partial charge in [0.05, 0.1) is 6.10 Å². The molecule has 0 aliphatic carbocycles. The number of allylic oxidation sites excluding steroid dienone is 1. The Balaban J connectivity index is 1.21. The summed E-state index contributed by atoms with van der Waals surface area (Å²) in [5, 5.41) is 16.5. The topological polar surface area (TPSA) is 70.1 Å². The summed E-state index contributed by atoms with van der Waals surface area (Å²) in [6.45, 7) is 5.89. The van der Waals surface area contributed by atoms with E-state index < -0.39 is 6.10 Å². The molecule has 1 atom stereocenters. The predicted molar refractivity (Wildman–Crippen MR) is 152 cm³/mol. The molecule has 3 N–H and O–H groups in total. The minimum Gasteiger partial charge on any atom is -0.390 e. The number of ketones is 1. The van der Waals surface area contributed by atoms with Gasteiger partial charge in [0.15, 0.2) is 5.78 Å². The van der Waals surface area contributed by atoms with Crippen molar-refractivity contribution in [1.29, 1.82) is 0 Å². The molecule has 0 amide bonds. The SMILES string of the molecule is Cc1ccc(C(=O)/C=C/c2cn(CC(O)CNCCc3c[nH]c4ccc(C)cc34)c3ccccc23)cc1. The van der Waals surface area contributed by atoms with E-state index in [1.54, 1.807) is 6.08 Å². The lowest BCUT2D eigenvalue weighted by molar-refractivity contribution is 0.104. The van der Waals surface area contributed by atoms with Crippen LogP contribution in [0.1, 0.15) is 32.6 Å². The average Bonchev–Trinajstić information content (AvgIpc) is 3.46. The summed E-state index contributed by atoms with van der Waals surface area (Å²) in [6, 6.07) is 22.2. The predicted octanol–water partition coefficient (Wildman–Crippen LogP) is 5.83. The van der Waals surface area contributed by atoms with Gasteiger partial charge in [-0.05, 0) is 62.7 Å². The summed E-state index contributed by atoms with van der Waals surface area (Å²) in [5.74, 6) is -0.0218. The zero-order chi connectivity index (χ0) is 25.8. The fourth-order valence-corrected chi connectivity index (χ4v) is 4.82. The van der Waals surface area contributed by atoms with Crippen LogP contribution in [0.5, 0.6) is 0 Å². The normalized spacial score (nSPS) is 12.6. The Morgan fingerprint density at radius 1 is 1.03 bits per heavy atom. The number of hydrogen-bond donors (Lipinski definition) is 3. The number of aromatic nitrogens is 2. The third-order valence-corrected chi connectivity index (χ3v) is 6.85. The fourth-order valence-electron chi connectivity index (χ4n) is 4.82. The Hall–Kier alpha value is -3.93. The lowest BCUT2D eigenvalue weighted by Crippen LogP contribution is -2.31. The van der Waals surface area contributed by atoms with Gasteiger partial charge < -0.3 is 20.0 Å². The first-order valence-corrected chi connectivity index (χ1v) is 12.8. The number of fused-ring (bicyclic) bond motifs is 2. The molecular formula is C32H33N3O2. The first-order valence-electron chi connectivity index (χ1n) is 12.8. The van der Waals surface area contributed by atoms with Crippen LogP contribution in [0.3, 0.4) is 0 Å². The average molecular weight is 492 g/mol. The minimum absolute atomic E-state index is 0.0218. The fraction of sp³-hybridized carbons (Fsp3) is 0.219. The number of nitrogens with zero attached hydrogens (tertiary/aromatic N) is 1. The summed E-state index contributed by atoms with van der Waals surface area (Å²) in [4.78, 5) is 16.0. The highest BCUT2D eigenvalue weighted by atomic mass is 16.3. The van der Waals surface area contributed by atoms with Gasteiger partial charge in [-0.15, -0.1) is 0 Å². The van der Waals surface area contributed by atoms with Gasteiger partial charge in [0, 0.05) is 58.4 Å². The standard InChI is InChI=1S/C32H33N3O2/c1-22-7-10-24(11-8-22)32(37)14-12-26-20-35(31-6-4-3-5-28(26)31)21-27(36)19-33-16-15-25-18-34-30-13-9-23(2)17-29(25)30/h3-14,17-18,20,27,33-34,36H,15-16,19,21H2,1-2H3/b14-12+. The van der Waals surface area contributed by atoms with Crippen molar-refractivity contribution in [2.75, 3.05) is 13.1 Å². The first kappa shape index (κ1) is 24.8. The van der Waals surface area contributed by atoms with Crippen LogP contribution in [0.2, 0.25) is 0 Å². The molecule has 0 bridgehead atoms. The summed E-state index contributed by atoms with van der Waals surface area (Å²) in [6.07, 6.45) is 7.95. The van der Waals surface area contributed by atoms with Gasteiger partial charge >= 0.3 is 0 Å². The molecule has 5 nitrogen and oxygen atoms in total. The molecule has 5 heteroatoms. The van der Waals surface area contributed by atoms with Crippen molar-refractivity contribution in [2.24, 2.45) is 0 Å². The highest BCUT2D eigenvalue weighted by molar-refractivity contribution is 6.07. The number of aliphatic hydroxyl groups excluding tert-OH is 1. The van der Waals surface area contributed by atoms with Crippen LogP contribution in [0, 0.1) is 13.8 Å². The number of aryl methyl sites for hydroxylation is 2. The lowest BCUT2D eigenvalue weighted by Gasteiger charge is -2.14. The maximum atomic E-state index is 12.6. The molecule has 37 heavy (non-hydrogen) atoms. The smallest absolute Gasteiger partial charge is 0.185 e. The van der Waals surface area contributed by atoms with Gasteiger partial charge in [0.25, 0.3) is 0 Å². The maximum Gasteiger partial charge on any atom is 0.185 e. The molecule has 5 rings (SSSR count). The number of aliphatic hydroxyl groups is 1. The van der Waals surface area contributed by atoms with Crippen LogP contribution in [-0.2, 0) is 13.0 Å². The molecule has 0 saturated heterocycles. The van der Waals surface area contributed by atoms with Crippen LogP contribution >= 0.6 is 0 Å². The van der Waals surface area contributed by atoms with E-state index in [0.29, 0.717) is 18.7 Å². The van der Waals surface area contributed by atoms with Gasteiger partial charge in [0.1, 0.15) is 0 Å². The summed E-state index contributed by atoms with van der Waals surface area (Å²) >= 11 is 0. The number of hydrogen-bond acceptors (Lipinski definition) is 3. The number of nitrogens with one attached hydrogen (secondary N) is 2. The van der Waals surface area contributed by atoms with E-state index in [2.05, 4.69) is 52.3 Å². The van der Waals surface area contributed by atoms with Gasteiger partial charge in [-0.25, -0.2) is 0 Å². The number of carbonyl (C=O) groups is 1. The number of aromatic amines is 1. The Kier molecular flexibility index (Phi) is 7.35. The van der Waals surface area contributed by atoms with Crippen LogP contribution < -0.4 is 5.32 Å². The zero-order valence-electron chi connectivity index (χ0n) is 21.4. The minimum atomic E-state index is -0.535. The summed E-state index contributed by atoms with van der Waals surface area (Å²) in [7, 11) is 0. The highest BCUT2D eigenvalue weighted by Gasteiger charge is 2.11. The number of para-hydroxylation sites is 1. The highest BCUT2D eigenvalue weighted by Crippen LogP contribution is 2.23. The van der Waals surface area contributed by atoms with E-state index in [4.69, 9.17) is 0 Å². The Labute approximate surface area is 217 Å². The van der Waals surface area contributed by atoms with Crippen molar-refractivity contribution in [1.82, 2.24) is 14.9 Å². The molecule has 0 spiro atoms. The number of carbonyl (C=O) groups excluding carboxylic acids is 1. The third kappa shape index (κ3) is 5.74. The molecule has 2 aromatic heterocycles. The number of benzene rings is 3. The first-order chi connectivity index (χ1) is 18.0. The second kappa shape index (κ2) is 11.0. The summed E-state index contributed by atoms with van der Waals surface area (Å²) < 4.78 is 2.07.